The van der Waals surface area contributed by atoms with Crippen molar-refractivity contribution in [1.29, 1.82) is 0 Å². The SMILES string of the molecule is [B]C1CCC(CP)O1. The molecule has 0 aliphatic carbocycles. The molecule has 0 spiro atoms. The van der Waals surface area contributed by atoms with Crippen LogP contribution in [0.2, 0.25) is 0 Å². The summed E-state index contributed by atoms with van der Waals surface area (Å²) in [5.41, 5.74) is 0. The van der Waals surface area contributed by atoms with E-state index in [1.54, 1.807) is 0 Å². The van der Waals surface area contributed by atoms with Crippen LogP contribution in [0, 0.1) is 0 Å². The van der Waals surface area contributed by atoms with Crippen molar-refractivity contribution in [2.24, 2.45) is 0 Å². The lowest BCUT2D eigenvalue weighted by atomic mass is 9.97. The molecule has 1 heterocycles. The average Bonchev–Trinajstić information content (AvgIpc) is 2.14. The summed E-state index contributed by atoms with van der Waals surface area (Å²) in [6.45, 7) is 0. The predicted molar refractivity (Wildman–Crippen MR) is 38.2 cm³/mol. The molecule has 3 unspecified atom stereocenters. The molecule has 0 aromatic rings. The van der Waals surface area contributed by atoms with Crippen LogP contribution >= 0.6 is 9.24 Å². The lowest BCUT2D eigenvalue weighted by Gasteiger charge is -2.06. The Bertz CT molecular complexity index is 78.8. The second-order valence-corrected chi connectivity index (χ2v) is 2.58. The molecule has 0 aromatic carbocycles. The summed E-state index contributed by atoms with van der Waals surface area (Å²) in [7, 11) is 8.13. The van der Waals surface area contributed by atoms with Crippen LogP contribution in [0.15, 0.2) is 0 Å². The molecule has 0 N–H and O–H groups in total. The molecule has 2 radical (unpaired) electrons. The maximum absolute atomic E-state index is 5.47. The highest BCUT2D eigenvalue weighted by atomic mass is 31.0. The fourth-order valence-electron chi connectivity index (χ4n) is 0.907. The van der Waals surface area contributed by atoms with E-state index in [9.17, 15) is 0 Å². The van der Waals surface area contributed by atoms with E-state index in [1.165, 1.54) is 0 Å². The monoisotopic (exact) mass is 128 g/mol. The summed E-state index contributed by atoms with van der Waals surface area (Å²) < 4.78 is 5.27. The molecule has 8 heavy (non-hydrogen) atoms. The summed E-state index contributed by atoms with van der Waals surface area (Å²) in [6.07, 6.45) is 3.59. The van der Waals surface area contributed by atoms with Gasteiger partial charge in [-0.3, -0.25) is 0 Å². The Balaban J connectivity index is 2.22. The minimum Gasteiger partial charge on any atom is -0.384 e. The van der Waals surface area contributed by atoms with Gasteiger partial charge in [0, 0.05) is 6.00 Å². The van der Waals surface area contributed by atoms with Gasteiger partial charge in [-0.2, -0.15) is 0 Å². The van der Waals surface area contributed by atoms with Gasteiger partial charge in [0.25, 0.3) is 0 Å². The quantitative estimate of drug-likeness (QED) is 0.369. The predicted octanol–water partition coefficient (Wildman–Crippen LogP) is 0.535. The van der Waals surface area contributed by atoms with Gasteiger partial charge in [0.15, 0.2) is 0 Å². The van der Waals surface area contributed by atoms with Gasteiger partial charge in [-0.15, -0.1) is 9.24 Å². The first-order chi connectivity index (χ1) is 3.83. The van der Waals surface area contributed by atoms with E-state index in [-0.39, 0.29) is 6.00 Å². The van der Waals surface area contributed by atoms with Crippen LogP contribution in [0.4, 0.5) is 0 Å². The van der Waals surface area contributed by atoms with E-state index in [2.05, 4.69) is 9.24 Å². The molecule has 0 saturated carbocycles. The van der Waals surface area contributed by atoms with Gasteiger partial charge in [0.2, 0.25) is 0 Å². The summed E-state index contributed by atoms with van der Waals surface area (Å²) in [6, 6.07) is 0.0144. The smallest absolute Gasteiger partial charge is 0.109 e. The van der Waals surface area contributed by atoms with Crippen LogP contribution in [0.1, 0.15) is 12.8 Å². The highest BCUT2D eigenvalue weighted by molar-refractivity contribution is 7.16. The van der Waals surface area contributed by atoms with E-state index in [0.29, 0.717) is 6.10 Å². The Morgan fingerprint density at radius 2 is 2.38 bits per heavy atom. The van der Waals surface area contributed by atoms with Crippen molar-refractivity contribution in [1.82, 2.24) is 0 Å². The Hall–Kier alpha value is 0.455. The molecule has 0 bridgehead atoms. The van der Waals surface area contributed by atoms with Crippen molar-refractivity contribution in [3.05, 3.63) is 0 Å². The molecule has 1 aliphatic rings. The Morgan fingerprint density at radius 1 is 1.62 bits per heavy atom. The van der Waals surface area contributed by atoms with Gasteiger partial charge >= 0.3 is 0 Å². The minimum atomic E-state index is 0.0144. The average molecular weight is 128 g/mol. The molecule has 3 atom stereocenters. The van der Waals surface area contributed by atoms with E-state index in [4.69, 9.17) is 12.6 Å². The first-order valence-electron chi connectivity index (χ1n) is 2.94. The van der Waals surface area contributed by atoms with Crippen LogP contribution in [-0.4, -0.2) is 26.1 Å². The third-order valence-corrected chi connectivity index (χ3v) is 1.93. The van der Waals surface area contributed by atoms with Crippen molar-refractivity contribution in [2.75, 3.05) is 6.16 Å². The fraction of sp³-hybridized carbons (Fsp3) is 1.00. The first kappa shape index (κ1) is 6.57. The van der Waals surface area contributed by atoms with Crippen molar-refractivity contribution in [2.45, 2.75) is 24.9 Å². The van der Waals surface area contributed by atoms with Gasteiger partial charge in [-0.25, -0.2) is 0 Å². The van der Waals surface area contributed by atoms with E-state index in [0.717, 1.165) is 19.0 Å². The van der Waals surface area contributed by atoms with Crippen LogP contribution < -0.4 is 0 Å². The fourth-order valence-corrected chi connectivity index (χ4v) is 1.25. The number of ether oxygens (including phenoxy) is 1. The van der Waals surface area contributed by atoms with Crippen LogP contribution in [0.5, 0.6) is 0 Å². The van der Waals surface area contributed by atoms with Gasteiger partial charge in [0.05, 0.1) is 6.10 Å². The topological polar surface area (TPSA) is 9.23 Å². The van der Waals surface area contributed by atoms with Crippen LogP contribution in [-0.2, 0) is 4.74 Å². The third kappa shape index (κ3) is 1.46. The highest BCUT2D eigenvalue weighted by Gasteiger charge is 2.18. The molecular weight excluding hydrogens is 118 g/mol. The molecule has 44 valence electrons. The molecule has 1 saturated heterocycles. The second-order valence-electron chi connectivity index (χ2n) is 2.11. The maximum atomic E-state index is 5.47. The van der Waals surface area contributed by atoms with E-state index >= 15 is 0 Å². The van der Waals surface area contributed by atoms with Gasteiger partial charge < -0.3 is 4.74 Å². The number of hydrogen-bond donors (Lipinski definition) is 0. The summed E-state index contributed by atoms with van der Waals surface area (Å²) in [4.78, 5) is 0. The molecule has 1 nitrogen and oxygen atoms in total. The molecule has 1 rings (SSSR count). The molecular formula is C5H10BOP. The lowest BCUT2D eigenvalue weighted by molar-refractivity contribution is 0.104. The number of hydrogen-bond acceptors (Lipinski definition) is 1. The first-order valence-corrected chi connectivity index (χ1v) is 3.75. The standard InChI is InChI=1S/C5H10BOP/c6-5-2-1-4(3-8)7-5/h4-5H,1-3,8H2. The Morgan fingerprint density at radius 3 is 2.62 bits per heavy atom. The molecule has 3 heteroatoms. The van der Waals surface area contributed by atoms with Crippen molar-refractivity contribution in [3.8, 4) is 0 Å². The summed E-state index contributed by atoms with van der Waals surface area (Å²) >= 11 is 0. The molecule has 1 fully saturated rings. The van der Waals surface area contributed by atoms with Gasteiger partial charge in [0.1, 0.15) is 7.85 Å². The summed E-state index contributed by atoms with van der Waals surface area (Å²) in [5.74, 6) is 0. The zero-order valence-electron chi connectivity index (χ0n) is 4.84. The molecule has 0 aromatic heterocycles. The second kappa shape index (κ2) is 2.84. The molecule has 0 amide bonds. The third-order valence-electron chi connectivity index (χ3n) is 1.40. The van der Waals surface area contributed by atoms with Crippen molar-refractivity contribution < 1.29 is 4.74 Å². The van der Waals surface area contributed by atoms with E-state index in [1.807, 2.05) is 0 Å². The molecule has 1 aliphatic heterocycles. The summed E-state index contributed by atoms with van der Waals surface area (Å²) in [5, 5.41) is 0. The minimum absolute atomic E-state index is 0.0144. The maximum Gasteiger partial charge on any atom is 0.109 e. The largest absolute Gasteiger partial charge is 0.384 e. The van der Waals surface area contributed by atoms with Crippen LogP contribution in [0.25, 0.3) is 0 Å². The zero-order chi connectivity index (χ0) is 5.98. The Kier molecular flexibility index (Phi) is 2.33. The van der Waals surface area contributed by atoms with Crippen molar-refractivity contribution >= 4 is 17.1 Å². The van der Waals surface area contributed by atoms with Gasteiger partial charge in [-0.05, 0) is 19.0 Å². The van der Waals surface area contributed by atoms with Crippen LogP contribution in [0.3, 0.4) is 0 Å². The normalized spacial score (nSPS) is 38.1. The Labute approximate surface area is 53.8 Å². The number of rotatable bonds is 1. The zero-order valence-corrected chi connectivity index (χ0v) is 5.99. The van der Waals surface area contributed by atoms with Crippen molar-refractivity contribution in [3.63, 3.8) is 0 Å². The lowest BCUT2D eigenvalue weighted by Crippen LogP contribution is -2.10. The van der Waals surface area contributed by atoms with Gasteiger partial charge in [-0.1, -0.05) is 0 Å². The van der Waals surface area contributed by atoms with E-state index < -0.39 is 0 Å². The highest BCUT2D eigenvalue weighted by Crippen LogP contribution is 2.18.